The summed E-state index contributed by atoms with van der Waals surface area (Å²) >= 11 is 0. The molecule has 0 unspecified atom stereocenters. The van der Waals surface area contributed by atoms with Crippen molar-refractivity contribution in [3.05, 3.63) is 0 Å². The molecule has 0 spiro atoms. The smallest absolute Gasteiger partial charge is 0.550 e. The van der Waals surface area contributed by atoms with Crippen LogP contribution < -0.4 is 113 Å². The van der Waals surface area contributed by atoms with Gasteiger partial charge in [0.1, 0.15) is 12.1 Å². The van der Waals surface area contributed by atoms with Crippen molar-refractivity contribution in [1.82, 2.24) is 9.80 Å². The molecule has 0 aliphatic rings. The van der Waals surface area contributed by atoms with Gasteiger partial charge in [0, 0.05) is 37.9 Å². The van der Waals surface area contributed by atoms with E-state index < -0.39 is 48.8 Å². The number of rotatable bonds is 33. The molecular formula is C34H62K2N2O8. The molecule has 2 atom stereocenters. The van der Waals surface area contributed by atoms with Gasteiger partial charge >= 0.3 is 115 Å². The Morgan fingerprint density at radius 2 is 0.696 bits per heavy atom. The summed E-state index contributed by atoms with van der Waals surface area (Å²) in [6.45, 7) is 5.31. The number of aliphatic carboxylic acids is 4. The molecule has 0 rings (SSSR count). The zero-order chi connectivity index (χ0) is 33.0. The summed E-state index contributed by atoms with van der Waals surface area (Å²) in [7, 11) is 0. The van der Waals surface area contributed by atoms with Gasteiger partial charge < -0.3 is 30.0 Å². The second kappa shape index (κ2) is 35.9. The molecule has 0 amide bonds. The van der Waals surface area contributed by atoms with Crippen LogP contribution in [-0.4, -0.2) is 82.2 Å². The van der Waals surface area contributed by atoms with Crippen molar-refractivity contribution in [1.29, 1.82) is 0 Å². The van der Waals surface area contributed by atoms with Gasteiger partial charge in [-0.2, -0.15) is 0 Å². The second-order valence-electron chi connectivity index (χ2n) is 12.3. The minimum absolute atomic E-state index is 0. The van der Waals surface area contributed by atoms with Gasteiger partial charge in [-0.1, -0.05) is 129 Å². The Morgan fingerprint density at radius 1 is 0.457 bits per heavy atom. The van der Waals surface area contributed by atoms with E-state index in [9.17, 15) is 39.6 Å². The molecule has 0 radical (unpaired) electrons. The summed E-state index contributed by atoms with van der Waals surface area (Å²) in [5, 5.41) is 42.4. The minimum atomic E-state index is -1.46. The fourth-order valence-corrected chi connectivity index (χ4v) is 5.77. The standard InChI is InChI=1S/C34H64N2O8.2K/c1-3-5-7-9-11-13-15-17-19-21-23-35(29(33(41)42)27-31(37)38)25-26-36(30(34(43)44)28-32(39)40)24-22-20-18-16-14-12-10-8-6-4-2;;/h29-30H,3-28H2,1-2H3,(H,37,38)(H,39,40)(H,41,42)(H,43,44);;/q;2*+1/p-2/t29-,30-;;/m0../s1. The molecule has 0 saturated heterocycles. The first kappa shape index (κ1) is 51.4. The molecule has 0 aliphatic carbocycles. The topological polar surface area (TPSA) is 161 Å². The van der Waals surface area contributed by atoms with Crippen LogP contribution >= 0.6 is 0 Å². The normalized spacial score (nSPS) is 12.3. The summed E-state index contributed by atoms with van der Waals surface area (Å²) < 4.78 is 0. The quantitative estimate of drug-likeness (QED) is 0.0616. The number of nitrogens with zero attached hydrogens (tertiary/aromatic N) is 2. The third-order valence-electron chi connectivity index (χ3n) is 8.44. The zero-order valence-electron chi connectivity index (χ0n) is 29.8. The molecule has 0 saturated carbocycles. The van der Waals surface area contributed by atoms with Gasteiger partial charge in [-0.05, 0) is 25.9 Å². The summed E-state index contributed by atoms with van der Waals surface area (Å²) in [5.41, 5.74) is 0. The van der Waals surface area contributed by atoms with E-state index in [0.717, 1.165) is 38.5 Å². The third-order valence-corrected chi connectivity index (χ3v) is 8.44. The van der Waals surface area contributed by atoms with Crippen molar-refractivity contribution in [3.8, 4) is 0 Å². The first-order valence-corrected chi connectivity index (χ1v) is 17.5. The summed E-state index contributed by atoms with van der Waals surface area (Å²) in [5.74, 6) is -5.47. The summed E-state index contributed by atoms with van der Waals surface area (Å²) in [6, 6.07) is -2.61. The molecule has 258 valence electrons. The molecule has 2 N–H and O–H groups in total. The Kier molecular flexibility index (Phi) is 40.1. The van der Waals surface area contributed by atoms with Crippen molar-refractivity contribution >= 4 is 23.9 Å². The van der Waals surface area contributed by atoms with Gasteiger partial charge in [0.25, 0.3) is 0 Å². The van der Waals surface area contributed by atoms with Crippen LogP contribution in [0.15, 0.2) is 0 Å². The average molecular weight is 705 g/mol. The zero-order valence-corrected chi connectivity index (χ0v) is 36.0. The Hall–Kier alpha value is 1.07. The fourth-order valence-electron chi connectivity index (χ4n) is 5.77. The van der Waals surface area contributed by atoms with Gasteiger partial charge in [0.05, 0.1) is 0 Å². The number of hydrogen-bond donors (Lipinski definition) is 2. The van der Waals surface area contributed by atoms with E-state index >= 15 is 0 Å². The van der Waals surface area contributed by atoms with Crippen LogP contribution in [0.1, 0.15) is 155 Å². The van der Waals surface area contributed by atoms with Crippen molar-refractivity contribution in [2.24, 2.45) is 0 Å². The van der Waals surface area contributed by atoms with Gasteiger partial charge in [-0.3, -0.25) is 19.4 Å². The molecule has 12 heteroatoms. The van der Waals surface area contributed by atoms with E-state index in [1.165, 1.54) is 77.0 Å². The molecule has 0 fully saturated rings. The summed E-state index contributed by atoms with van der Waals surface area (Å²) in [4.78, 5) is 50.0. The van der Waals surface area contributed by atoms with Gasteiger partial charge in [0.15, 0.2) is 0 Å². The third kappa shape index (κ3) is 29.9. The van der Waals surface area contributed by atoms with E-state index in [4.69, 9.17) is 0 Å². The van der Waals surface area contributed by atoms with Crippen LogP contribution in [0.5, 0.6) is 0 Å². The number of unbranched alkanes of at least 4 members (excludes halogenated alkanes) is 18. The Bertz CT molecular complexity index is 713. The fraction of sp³-hybridized carbons (Fsp3) is 0.882. The van der Waals surface area contributed by atoms with Gasteiger partial charge in [-0.15, -0.1) is 0 Å². The van der Waals surface area contributed by atoms with Crippen LogP contribution in [0.2, 0.25) is 0 Å². The second-order valence-corrected chi connectivity index (χ2v) is 12.3. The van der Waals surface area contributed by atoms with Crippen LogP contribution in [0.4, 0.5) is 0 Å². The van der Waals surface area contributed by atoms with Gasteiger partial charge in [-0.25, -0.2) is 0 Å². The van der Waals surface area contributed by atoms with Crippen molar-refractivity contribution in [2.45, 2.75) is 167 Å². The van der Waals surface area contributed by atoms with E-state index in [1.54, 1.807) is 9.80 Å². The molecule has 10 nitrogen and oxygen atoms in total. The van der Waals surface area contributed by atoms with Crippen LogP contribution in [0.25, 0.3) is 0 Å². The number of carboxylic acids is 4. The van der Waals surface area contributed by atoms with Crippen LogP contribution in [0, 0.1) is 0 Å². The minimum Gasteiger partial charge on any atom is -0.550 e. The van der Waals surface area contributed by atoms with Crippen molar-refractivity contribution < 1.29 is 142 Å². The van der Waals surface area contributed by atoms with E-state index in [-0.39, 0.29) is 116 Å². The Labute approximate surface area is 364 Å². The maximum Gasteiger partial charge on any atom is 1.00 e. The number of hydrogen-bond acceptors (Lipinski definition) is 8. The number of carbonyl (C=O) groups excluding carboxylic acids is 2. The molecule has 0 aromatic carbocycles. The molecule has 0 aromatic heterocycles. The van der Waals surface area contributed by atoms with E-state index in [0.29, 0.717) is 25.9 Å². The molecule has 0 heterocycles. The number of carbonyl (C=O) groups is 4. The first-order valence-electron chi connectivity index (χ1n) is 17.5. The maximum absolute atomic E-state index is 12.0. The molecule has 0 bridgehead atoms. The van der Waals surface area contributed by atoms with Crippen LogP contribution in [0.3, 0.4) is 0 Å². The largest absolute Gasteiger partial charge is 1.00 e. The van der Waals surface area contributed by atoms with E-state index in [2.05, 4.69) is 13.8 Å². The predicted molar refractivity (Wildman–Crippen MR) is 169 cm³/mol. The van der Waals surface area contributed by atoms with Crippen molar-refractivity contribution in [2.75, 3.05) is 26.2 Å². The predicted octanol–water partition coefficient (Wildman–Crippen LogP) is -1.37. The summed E-state index contributed by atoms with van der Waals surface area (Å²) in [6.07, 6.45) is 20.8. The van der Waals surface area contributed by atoms with Gasteiger partial charge in [0.2, 0.25) is 0 Å². The first-order chi connectivity index (χ1) is 21.1. The Balaban J connectivity index is -0.00000924. The molecule has 46 heavy (non-hydrogen) atoms. The molecular weight excluding hydrogens is 643 g/mol. The molecule has 0 aromatic rings. The number of carboxylic acid groups (broad SMARTS) is 4. The Morgan fingerprint density at radius 3 is 0.913 bits per heavy atom. The maximum atomic E-state index is 12.0. The van der Waals surface area contributed by atoms with E-state index in [1.807, 2.05) is 0 Å². The van der Waals surface area contributed by atoms with Crippen LogP contribution in [-0.2, 0) is 19.2 Å². The molecule has 0 aliphatic heterocycles. The monoisotopic (exact) mass is 704 g/mol. The van der Waals surface area contributed by atoms with Crippen molar-refractivity contribution in [3.63, 3.8) is 0 Å². The average Bonchev–Trinajstić information content (AvgIpc) is 2.96. The SMILES string of the molecule is CCCCCCCCCCCCN(CCN(CCCCCCCCCCCC)[C@@H](CC(=O)[O-])C(=O)O)[C@@H](CC(=O)[O-])C(=O)O.[K+].[K+].